The van der Waals surface area contributed by atoms with Gasteiger partial charge in [0, 0.05) is 37.3 Å². The van der Waals surface area contributed by atoms with E-state index in [9.17, 15) is 4.79 Å². The van der Waals surface area contributed by atoms with E-state index in [4.69, 9.17) is 4.98 Å². The van der Waals surface area contributed by atoms with Crippen LogP contribution in [0.1, 0.15) is 50.5 Å². The Morgan fingerprint density at radius 3 is 2.83 bits per heavy atom. The number of hydrogen-bond acceptors (Lipinski definition) is 4. The average Bonchev–Trinajstić information content (AvgIpc) is 2.80. The third-order valence-corrected chi connectivity index (χ3v) is 6.24. The smallest absolute Gasteiger partial charge is 0.223 e. The molecule has 2 aliphatic rings. The predicted molar refractivity (Wildman–Crippen MR) is 121 cm³/mol. The molecule has 1 aromatic carbocycles. The quantitative estimate of drug-likeness (QED) is 0.711. The van der Waals surface area contributed by atoms with Gasteiger partial charge in [-0.15, -0.1) is 0 Å². The molecule has 0 radical (unpaired) electrons. The fourth-order valence-corrected chi connectivity index (χ4v) is 4.44. The van der Waals surface area contributed by atoms with Crippen molar-refractivity contribution in [3.05, 3.63) is 53.7 Å². The second-order valence-electron chi connectivity index (χ2n) is 8.52. The molecule has 1 N–H and O–H groups in total. The number of hydrogen-bond donors (Lipinski definition) is 1. The summed E-state index contributed by atoms with van der Waals surface area (Å²) in [6.07, 6.45) is 12.0. The Balaban J connectivity index is 1.28. The van der Waals surface area contributed by atoms with Gasteiger partial charge in [-0.25, -0.2) is 9.97 Å². The summed E-state index contributed by atoms with van der Waals surface area (Å²) in [5, 5.41) is 3.17. The maximum absolute atomic E-state index is 12.6. The topological polar surface area (TPSA) is 58.1 Å². The molecule has 1 aromatic heterocycles. The molecule has 30 heavy (non-hydrogen) atoms. The van der Waals surface area contributed by atoms with Gasteiger partial charge in [-0.05, 0) is 64.0 Å². The third kappa shape index (κ3) is 5.26. The van der Waals surface area contributed by atoms with Crippen LogP contribution in [0.2, 0.25) is 0 Å². The van der Waals surface area contributed by atoms with Gasteiger partial charge in [-0.2, -0.15) is 0 Å². The van der Waals surface area contributed by atoms with Crippen LogP contribution in [0.3, 0.4) is 0 Å². The van der Waals surface area contributed by atoms with Gasteiger partial charge in [0.15, 0.2) is 5.82 Å². The van der Waals surface area contributed by atoms with Crippen LogP contribution in [0.4, 0.5) is 5.82 Å². The summed E-state index contributed by atoms with van der Waals surface area (Å²) in [7, 11) is 0. The monoisotopic (exact) mass is 404 g/mol. The van der Waals surface area contributed by atoms with E-state index in [0.717, 1.165) is 56.1 Å². The molecule has 2 aromatic rings. The largest absolute Gasteiger partial charge is 0.356 e. The minimum absolute atomic E-state index is 0.111. The summed E-state index contributed by atoms with van der Waals surface area (Å²) >= 11 is 0. The Morgan fingerprint density at radius 1 is 1.20 bits per heavy atom. The Labute approximate surface area is 179 Å². The van der Waals surface area contributed by atoms with Crippen molar-refractivity contribution in [1.82, 2.24) is 15.3 Å². The zero-order chi connectivity index (χ0) is 20.8. The van der Waals surface area contributed by atoms with E-state index in [0.29, 0.717) is 0 Å². The summed E-state index contributed by atoms with van der Waals surface area (Å²) in [6, 6.07) is 10.2. The zero-order valence-corrected chi connectivity index (χ0v) is 17.9. The second kappa shape index (κ2) is 9.88. The van der Waals surface area contributed by atoms with E-state index in [2.05, 4.69) is 40.3 Å². The highest BCUT2D eigenvalue weighted by atomic mass is 16.1. The number of aryl methyl sites for hydroxylation is 1. The number of carbonyl (C=O) groups is 1. The van der Waals surface area contributed by atoms with Crippen LogP contribution in [0, 0.1) is 12.8 Å². The lowest BCUT2D eigenvalue weighted by Crippen LogP contribution is -2.41. The van der Waals surface area contributed by atoms with Crippen molar-refractivity contribution in [2.75, 3.05) is 24.5 Å². The van der Waals surface area contributed by atoms with Crippen LogP contribution >= 0.6 is 0 Å². The summed E-state index contributed by atoms with van der Waals surface area (Å²) < 4.78 is 0. The first kappa shape index (κ1) is 20.6. The van der Waals surface area contributed by atoms with Crippen LogP contribution in [-0.2, 0) is 4.79 Å². The lowest BCUT2D eigenvalue weighted by molar-refractivity contribution is -0.125. The highest BCUT2D eigenvalue weighted by molar-refractivity contribution is 5.79. The van der Waals surface area contributed by atoms with Gasteiger partial charge in [-0.3, -0.25) is 4.79 Å². The Kier molecular flexibility index (Phi) is 6.77. The summed E-state index contributed by atoms with van der Waals surface area (Å²) in [5.74, 6) is 2.03. The van der Waals surface area contributed by atoms with Crippen LogP contribution < -0.4 is 10.2 Å². The SMILES string of the molecule is Cc1cccc(-c2nccc(N3CCC(C(=O)NCCC4=CCCCC4)CC3)n2)c1. The highest BCUT2D eigenvalue weighted by Crippen LogP contribution is 2.25. The number of nitrogens with zero attached hydrogens (tertiary/aromatic N) is 3. The minimum Gasteiger partial charge on any atom is -0.356 e. The van der Waals surface area contributed by atoms with Gasteiger partial charge in [-0.1, -0.05) is 35.4 Å². The Hall–Kier alpha value is -2.69. The molecular formula is C25H32N4O. The maximum Gasteiger partial charge on any atom is 0.223 e. The molecule has 0 saturated carbocycles. The fourth-order valence-electron chi connectivity index (χ4n) is 4.44. The minimum atomic E-state index is 0.111. The lowest BCUT2D eigenvalue weighted by atomic mass is 9.95. The molecule has 1 aliphatic heterocycles. The number of anilines is 1. The van der Waals surface area contributed by atoms with E-state index >= 15 is 0 Å². The number of carbonyl (C=O) groups excluding carboxylic acids is 1. The van der Waals surface area contributed by atoms with Crippen LogP contribution in [0.15, 0.2) is 48.2 Å². The predicted octanol–water partition coefficient (Wildman–Crippen LogP) is 4.68. The molecule has 1 fully saturated rings. The van der Waals surface area contributed by atoms with E-state index in [1.54, 1.807) is 0 Å². The number of aromatic nitrogens is 2. The van der Waals surface area contributed by atoms with E-state index < -0.39 is 0 Å². The van der Waals surface area contributed by atoms with Gasteiger partial charge >= 0.3 is 0 Å². The molecule has 1 aliphatic carbocycles. The van der Waals surface area contributed by atoms with Gasteiger partial charge in [0.25, 0.3) is 0 Å². The molecule has 1 saturated heterocycles. The molecule has 0 bridgehead atoms. The number of allylic oxidation sites excluding steroid dienone is 1. The Morgan fingerprint density at radius 2 is 2.07 bits per heavy atom. The number of benzene rings is 1. The number of piperidine rings is 1. The average molecular weight is 405 g/mol. The molecular weight excluding hydrogens is 372 g/mol. The zero-order valence-electron chi connectivity index (χ0n) is 17.9. The summed E-state index contributed by atoms with van der Waals surface area (Å²) in [5.41, 5.74) is 3.76. The summed E-state index contributed by atoms with van der Waals surface area (Å²) in [6.45, 7) is 4.56. The van der Waals surface area contributed by atoms with Crippen LogP contribution in [-0.4, -0.2) is 35.5 Å². The first-order valence-corrected chi connectivity index (χ1v) is 11.3. The van der Waals surface area contributed by atoms with Gasteiger partial charge in [0.05, 0.1) is 0 Å². The van der Waals surface area contributed by atoms with E-state index in [1.165, 1.54) is 36.8 Å². The second-order valence-corrected chi connectivity index (χ2v) is 8.52. The number of rotatable bonds is 6. The van der Waals surface area contributed by atoms with Crippen molar-refractivity contribution in [3.8, 4) is 11.4 Å². The molecule has 0 unspecified atom stereocenters. The standard InChI is InChI=1S/C25H32N4O/c1-19-6-5-9-22(18-19)24-26-15-11-23(28-24)29-16-12-21(13-17-29)25(30)27-14-10-20-7-3-2-4-8-20/h5-7,9,11,15,18,21H,2-4,8,10,12-14,16-17H2,1H3,(H,27,30). The molecule has 5 heteroatoms. The van der Waals surface area contributed by atoms with E-state index in [1.807, 2.05) is 24.4 Å². The van der Waals surface area contributed by atoms with Gasteiger partial charge in [0.1, 0.15) is 5.82 Å². The first-order valence-electron chi connectivity index (χ1n) is 11.3. The van der Waals surface area contributed by atoms with Crippen molar-refractivity contribution in [2.24, 2.45) is 5.92 Å². The normalized spacial score (nSPS) is 17.5. The molecule has 2 heterocycles. The van der Waals surface area contributed by atoms with Gasteiger partial charge in [0.2, 0.25) is 5.91 Å². The van der Waals surface area contributed by atoms with E-state index in [-0.39, 0.29) is 11.8 Å². The number of nitrogens with one attached hydrogen (secondary N) is 1. The maximum atomic E-state index is 12.6. The molecule has 1 amide bonds. The van der Waals surface area contributed by atoms with Crippen molar-refractivity contribution in [1.29, 1.82) is 0 Å². The van der Waals surface area contributed by atoms with Crippen molar-refractivity contribution in [2.45, 2.75) is 51.9 Å². The molecule has 0 spiro atoms. The van der Waals surface area contributed by atoms with Crippen LogP contribution in [0.25, 0.3) is 11.4 Å². The first-order chi connectivity index (χ1) is 14.7. The van der Waals surface area contributed by atoms with Crippen LogP contribution in [0.5, 0.6) is 0 Å². The lowest BCUT2D eigenvalue weighted by Gasteiger charge is -2.32. The Bertz CT molecular complexity index is 900. The molecule has 0 atom stereocenters. The molecule has 4 rings (SSSR count). The fraction of sp³-hybridized carbons (Fsp3) is 0.480. The third-order valence-electron chi connectivity index (χ3n) is 6.24. The van der Waals surface area contributed by atoms with Gasteiger partial charge < -0.3 is 10.2 Å². The van der Waals surface area contributed by atoms with Crippen molar-refractivity contribution < 1.29 is 4.79 Å². The summed E-state index contributed by atoms with van der Waals surface area (Å²) in [4.78, 5) is 24.1. The van der Waals surface area contributed by atoms with Crippen molar-refractivity contribution >= 4 is 11.7 Å². The number of amides is 1. The highest BCUT2D eigenvalue weighted by Gasteiger charge is 2.25. The molecule has 5 nitrogen and oxygen atoms in total. The molecule has 158 valence electrons. The van der Waals surface area contributed by atoms with Crippen molar-refractivity contribution in [3.63, 3.8) is 0 Å².